The highest BCUT2D eigenvalue weighted by molar-refractivity contribution is 5.35. The van der Waals surface area contributed by atoms with Crippen molar-refractivity contribution in [2.45, 2.75) is 63.8 Å². The second-order valence-electron chi connectivity index (χ2n) is 5.48. The summed E-state index contributed by atoms with van der Waals surface area (Å²) < 4.78 is 0. The summed E-state index contributed by atoms with van der Waals surface area (Å²) >= 11 is 0. The van der Waals surface area contributed by atoms with E-state index < -0.39 is 0 Å². The van der Waals surface area contributed by atoms with Crippen molar-refractivity contribution in [3.8, 4) is 0 Å². The third-order valence-corrected chi connectivity index (χ3v) is 4.10. The first-order valence-corrected chi connectivity index (χ1v) is 7.13. The van der Waals surface area contributed by atoms with Crippen molar-refractivity contribution in [3.05, 3.63) is 35.4 Å². The number of hydrogen-bond donors (Lipinski definition) is 1. The number of nitrogens with two attached hydrogens (primary N) is 1. The Labute approximate surface area is 105 Å². The Morgan fingerprint density at radius 1 is 1.18 bits per heavy atom. The topological polar surface area (TPSA) is 26.0 Å². The molecule has 0 fully saturated rings. The first-order valence-electron chi connectivity index (χ1n) is 7.13. The van der Waals surface area contributed by atoms with E-state index in [0.717, 1.165) is 12.8 Å². The van der Waals surface area contributed by atoms with Gasteiger partial charge in [-0.3, -0.25) is 0 Å². The van der Waals surface area contributed by atoms with Gasteiger partial charge in [0.25, 0.3) is 0 Å². The van der Waals surface area contributed by atoms with Crippen molar-refractivity contribution in [2.75, 3.05) is 0 Å². The highest BCUT2D eigenvalue weighted by Crippen LogP contribution is 2.36. The highest BCUT2D eigenvalue weighted by Gasteiger charge is 2.31. The van der Waals surface area contributed by atoms with E-state index in [9.17, 15) is 0 Å². The first kappa shape index (κ1) is 12.6. The maximum Gasteiger partial charge on any atom is 0.0412 e. The molecule has 1 unspecified atom stereocenters. The summed E-state index contributed by atoms with van der Waals surface area (Å²) in [5.41, 5.74) is 9.52. The monoisotopic (exact) mass is 231 g/mol. The Morgan fingerprint density at radius 3 is 2.82 bits per heavy atom. The molecule has 0 spiro atoms. The number of hydrogen-bond acceptors (Lipinski definition) is 1. The molecule has 17 heavy (non-hydrogen) atoms. The Kier molecular flexibility index (Phi) is 4.22. The Bertz CT molecular complexity index is 358. The van der Waals surface area contributed by atoms with Crippen LogP contribution < -0.4 is 5.73 Å². The van der Waals surface area contributed by atoms with Crippen LogP contribution in [0.3, 0.4) is 0 Å². The lowest BCUT2D eigenvalue weighted by molar-refractivity contribution is 0.332. The second-order valence-corrected chi connectivity index (χ2v) is 5.48. The van der Waals surface area contributed by atoms with Crippen LogP contribution in [-0.4, -0.2) is 0 Å². The normalized spacial score (nSPS) is 23.4. The fraction of sp³-hybridized carbons (Fsp3) is 0.625. The molecule has 2 N–H and O–H groups in total. The van der Waals surface area contributed by atoms with Crippen molar-refractivity contribution >= 4 is 0 Å². The first-order chi connectivity index (χ1) is 8.26. The number of fused-ring (bicyclic) bond motifs is 1. The molecule has 94 valence electrons. The molecule has 2 rings (SSSR count). The van der Waals surface area contributed by atoms with Gasteiger partial charge in [-0.2, -0.15) is 0 Å². The molecule has 0 bridgehead atoms. The van der Waals surface area contributed by atoms with Crippen molar-refractivity contribution < 1.29 is 0 Å². The average Bonchev–Trinajstić information content (AvgIpc) is 2.36. The van der Waals surface area contributed by atoms with E-state index in [4.69, 9.17) is 5.73 Å². The molecule has 0 heterocycles. The van der Waals surface area contributed by atoms with Gasteiger partial charge in [-0.05, 0) is 36.8 Å². The van der Waals surface area contributed by atoms with Gasteiger partial charge in [0.2, 0.25) is 0 Å². The van der Waals surface area contributed by atoms with Gasteiger partial charge in [0.05, 0.1) is 0 Å². The Morgan fingerprint density at radius 2 is 2.00 bits per heavy atom. The van der Waals surface area contributed by atoms with E-state index in [2.05, 4.69) is 31.2 Å². The zero-order valence-electron chi connectivity index (χ0n) is 11.0. The van der Waals surface area contributed by atoms with Crippen LogP contribution in [0.15, 0.2) is 24.3 Å². The second kappa shape index (κ2) is 5.68. The summed E-state index contributed by atoms with van der Waals surface area (Å²) in [5, 5.41) is 0. The summed E-state index contributed by atoms with van der Waals surface area (Å²) in [6.07, 6.45) is 10.0. The van der Waals surface area contributed by atoms with Crippen LogP contribution in [0.4, 0.5) is 0 Å². The molecule has 1 aliphatic carbocycles. The molecule has 1 atom stereocenters. The summed E-state index contributed by atoms with van der Waals surface area (Å²) in [5.74, 6) is 0. The number of benzene rings is 1. The minimum atomic E-state index is -0.0391. The summed E-state index contributed by atoms with van der Waals surface area (Å²) in [6.45, 7) is 2.26. The predicted octanol–water partition coefficient (Wildman–Crippen LogP) is 4.15. The van der Waals surface area contributed by atoms with Crippen LogP contribution in [0.2, 0.25) is 0 Å². The molecule has 0 radical (unpaired) electrons. The van der Waals surface area contributed by atoms with Gasteiger partial charge >= 0.3 is 0 Å². The van der Waals surface area contributed by atoms with Gasteiger partial charge in [-0.15, -0.1) is 0 Å². The summed E-state index contributed by atoms with van der Waals surface area (Å²) in [7, 11) is 0. The van der Waals surface area contributed by atoms with Crippen LogP contribution >= 0.6 is 0 Å². The van der Waals surface area contributed by atoms with E-state index in [1.807, 2.05) is 0 Å². The van der Waals surface area contributed by atoms with E-state index in [1.165, 1.54) is 49.7 Å². The zero-order chi connectivity index (χ0) is 12.1. The van der Waals surface area contributed by atoms with Gasteiger partial charge in [0, 0.05) is 5.54 Å². The van der Waals surface area contributed by atoms with Crippen molar-refractivity contribution in [1.82, 2.24) is 0 Å². The molecule has 1 aromatic carbocycles. The largest absolute Gasteiger partial charge is 0.321 e. The van der Waals surface area contributed by atoms with Gasteiger partial charge in [-0.1, -0.05) is 56.9 Å². The lowest BCUT2D eigenvalue weighted by atomic mass is 9.74. The SMILES string of the molecule is CCCCCCC1(N)CCCc2ccccc21. The molecule has 0 saturated heterocycles. The molecule has 1 aromatic rings. The zero-order valence-corrected chi connectivity index (χ0v) is 11.0. The molecule has 1 nitrogen and oxygen atoms in total. The lowest BCUT2D eigenvalue weighted by Crippen LogP contribution is -2.40. The molecule has 1 heteroatoms. The van der Waals surface area contributed by atoms with E-state index in [1.54, 1.807) is 0 Å². The van der Waals surface area contributed by atoms with Gasteiger partial charge in [-0.25, -0.2) is 0 Å². The van der Waals surface area contributed by atoms with Crippen molar-refractivity contribution in [1.29, 1.82) is 0 Å². The Hall–Kier alpha value is -0.820. The lowest BCUT2D eigenvalue weighted by Gasteiger charge is -2.36. The van der Waals surface area contributed by atoms with Crippen LogP contribution in [0.25, 0.3) is 0 Å². The van der Waals surface area contributed by atoms with E-state index >= 15 is 0 Å². The van der Waals surface area contributed by atoms with Gasteiger partial charge in [0.1, 0.15) is 0 Å². The summed E-state index contributed by atoms with van der Waals surface area (Å²) in [6, 6.07) is 8.77. The number of unbranched alkanes of at least 4 members (excludes halogenated alkanes) is 3. The maximum atomic E-state index is 6.65. The third kappa shape index (κ3) is 2.90. The van der Waals surface area contributed by atoms with Gasteiger partial charge < -0.3 is 5.73 Å². The standard InChI is InChI=1S/C16H25N/c1-2-3-4-7-12-16(17)13-8-10-14-9-5-6-11-15(14)16/h5-6,9,11H,2-4,7-8,10,12-13,17H2,1H3. The molecular weight excluding hydrogens is 206 g/mol. The van der Waals surface area contributed by atoms with E-state index in [0.29, 0.717) is 0 Å². The third-order valence-electron chi connectivity index (χ3n) is 4.10. The maximum absolute atomic E-state index is 6.65. The van der Waals surface area contributed by atoms with Crippen LogP contribution in [0, 0.1) is 0 Å². The van der Waals surface area contributed by atoms with E-state index in [-0.39, 0.29) is 5.54 Å². The van der Waals surface area contributed by atoms with Crippen LogP contribution in [0.1, 0.15) is 63.0 Å². The average molecular weight is 231 g/mol. The fourth-order valence-corrected chi connectivity index (χ4v) is 3.08. The minimum absolute atomic E-state index is 0.0391. The Balaban J connectivity index is 2.05. The molecule has 0 aromatic heterocycles. The quantitative estimate of drug-likeness (QED) is 0.757. The van der Waals surface area contributed by atoms with Crippen molar-refractivity contribution in [2.24, 2.45) is 5.73 Å². The van der Waals surface area contributed by atoms with Crippen LogP contribution in [0.5, 0.6) is 0 Å². The fourth-order valence-electron chi connectivity index (χ4n) is 3.08. The molecule has 0 saturated carbocycles. The van der Waals surface area contributed by atoms with Crippen molar-refractivity contribution in [3.63, 3.8) is 0 Å². The molecule has 1 aliphatic rings. The summed E-state index contributed by atoms with van der Waals surface area (Å²) in [4.78, 5) is 0. The smallest absolute Gasteiger partial charge is 0.0412 e. The predicted molar refractivity (Wildman–Crippen MR) is 74.0 cm³/mol. The molecule has 0 aliphatic heterocycles. The number of aryl methyl sites for hydroxylation is 1. The minimum Gasteiger partial charge on any atom is -0.321 e. The molecule has 0 amide bonds. The van der Waals surface area contributed by atoms with Gasteiger partial charge in [0.15, 0.2) is 0 Å². The molecular formula is C16H25N. The number of rotatable bonds is 5. The van der Waals surface area contributed by atoms with Crippen LogP contribution in [-0.2, 0) is 12.0 Å². The highest BCUT2D eigenvalue weighted by atomic mass is 14.7.